The fourth-order valence-electron chi connectivity index (χ4n) is 2.27. The molecule has 0 aliphatic carbocycles. The van der Waals surface area contributed by atoms with E-state index in [9.17, 15) is 9.18 Å². The van der Waals surface area contributed by atoms with Crippen molar-refractivity contribution in [3.05, 3.63) is 63.7 Å². The maximum atomic E-state index is 13.5. The first-order valence-corrected chi connectivity index (χ1v) is 8.40. The molecule has 24 heavy (non-hydrogen) atoms. The molecule has 124 valence electrons. The van der Waals surface area contributed by atoms with Gasteiger partial charge in [-0.1, -0.05) is 22.9 Å². The van der Waals surface area contributed by atoms with Gasteiger partial charge in [-0.2, -0.15) is 4.99 Å². The van der Waals surface area contributed by atoms with Gasteiger partial charge in [-0.3, -0.25) is 4.79 Å². The molecular formula is C17H14ClFN2O2S. The Morgan fingerprint density at radius 2 is 2.04 bits per heavy atom. The van der Waals surface area contributed by atoms with Gasteiger partial charge in [0.15, 0.2) is 4.80 Å². The minimum atomic E-state index is -0.370. The van der Waals surface area contributed by atoms with Crippen LogP contribution < -0.4 is 4.80 Å². The standard InChI is InChI=1S/C17H14ClFN2O2S/c1-23-9-8-21-14-7-6-13(19)10-15(14)24-17(21)20-16(22)11-2-4-12(18)5-3-11/h2-7,10H,8-9H2,1H3. The van der Waals surface area contributed by atoms with Gasteiger partial charge in [0, 0.05) is 24.2 Å². The second-order valence-electron chi connectivity index (χ2n) is 5.06. The van der Waals surface area contributed by atoms with Gasteiger partial charge in [-0.05, 0) is 42.5 Å². The molecule has 0 spiro atoms. The Kier molecular flexibility index (Phi) is 5.08. The lowest BCUT2D eigenvalue weighted by atomic mass is 10.2. The molecule has 0 saturated carbocycles. The number of carbonyl (C=O) groups is 1. The van der Waals surface area contributed by atoms with Crippen molar-refractivity contribution in [3.8, 4) is 0 Å². The summed E-state index contributed by atoms with van der Waals surface area (Å²) in [5.74, 6) is -0.692. The normalized spacial score (nSPS) is 12.0. The van der Waals surface area contributed by atoms with Crippen LogP contribution >= 0.6 is 22.9 Å². The molecule has 0 aliphatic rings. The number of amides is 1. The lowest BCUT2D eigenvalue weighted by Crippen LogP contribution is -2.19. The number of rotatable bonds is 4. The monoisotopic (exact) mass is 364 g/mol. The molecule has 0 bridgehead atoms. The largest absolute Gasteiger partial charge is 0.383 e. The van der Waals surface area contributed by atoms with Crippen molar-refractivity contribution in [2.24, 2.45) is 4.99 Å². The van der Waals surface area contributed by atoms with Crippen LogP contribution in [0.4, 0.5) is 4.39 Å². The summed E-state index contributed by atoms with van der Waals surface area (Å²) >= 11 is 7.10. The number of fused-ring (bicyclic) bond motifs is 1. The second kappa shape index (κ2) is 7.25. The van der Waals surface area contributed by atoms with Crippen LogP contribution in [-0.2, 0) is 11.3 Å². The molecular weight excluding hydrogens is 351 g/mol. The number of halogens is 2. The Hall–Kier alpha value is -2.02. The van der Waals surface area contributed by atoms with Crippen molar-refractivity contribution in [2.45, 2.75) is 6.54 Å². The highest BCUT2D eigenvalue weighted by Gasteiger charge is 2.10. The molecule has 0 unspecified atom stereocenters. The van der Waals surface area contributed by atoms with Crippen LogP contribution in [0.25, 0.3) is 10.2 Å². The summed E-state index contributed by atoms with van der Waals surface area (Å²) in [6, 6.07) is 11.1. The van der Waals surface area contributed by atoms with Crippen LogP contribution in [0.2, 0.25) is 5.02 Å². The predicted molar refractivity (Wildman–Crippen MR) is 93.0 cm³/mol. The number of carbonyl (C=O) groups excluding carboxylic acids is 1. The number of aromatic nitrogens is 1. The lowest BCUT2D eigenvalue weighted by molar-refractivity contribution is 0.0997. The van der Waals surface area contributed by atoms with E-state index in [0.29, 0.717) is 28.5 Å². The van der Waals surface area contributed by atoms with Gasteiger partial charge in [0.05, 0.1) is 16.8 Å². The van der Waals surface area contributed by atoms with Gasteiger partial charge in [-0.25, -0.2) is 4.39 Å². The Bertz CT molecular complexity index is 947. The van der Waals surface area contributed by atoms with E-state index in [1.165, 1.54) is 23.5 Å². The Balaban J connectivity index is 2.09. The molecule has 7 heteroatoms. The van der Waals surface area contributed by atoms with Gasteiger partial charge >= 0.3 is 0 Å². The molecule has 1 aromatic heterocycles. The van der Waals surface area contributed by atoms with Gasteiger partial charge in [-0.15, -0.1) is 0 Å². The number of hydrogen-bond acceptors (Lipinski definition) is 3. The number of nitrogens with zero attached hydrogens (tertiary/aromatic N) is 2. The van der Waals surface area contributed by atoms with Gasteiger partial charge < -0.3 is 9.30 Å². The average Bonchev–Trinajstić information content (AvgIpc) is 2.89. The van der Waals surface area contributed by atoms with Crippen molar-refractivity contribution in [1.29, 1.82) is 0 Å². The zero-order valence-corrected chi connectivity index (χ0v) is 14.4. The number of hydrogen-bond donors (Lipinski definition) is 0. The van der Waals surface area contributed by atoms with E-state index >= 15 is 0 Å². The second-order valence-corrected chi connectivity index (χ2v) is 6.51. The Labute approximate surface area is 146 Å². The van der Waals surface area contributed by atoms with Crippen molar-refractivity contribution < 1.29 is 13.9 Å². The minimum absolute atomic E-state index is 0.321. The Morgan fingerprint density at radius 1 is 1.29 bits per heavy atom. The van der Waals surface area contributed by atoms with E-state index in [1.807, 2.05) is 4.57 Å². The number of thiazole rings is 1. The van der Waals surface area contributed by atoms with Crippen molar-refractivity contribution in [1.82, 2.24) is 4.57 Å². The van der Waals surface area contributed by atoms with E-state index in [4.69, 9.17) is 16.3 Å². The van der Waals surface area contributed by atoms with E-state index in [0.717, 1.165) is 10.2 Å². The van der Waals surface area contributed by atoms with Crippen LogP contribution in [0, 0.1) is 5.82 Å². The summed E-state index contributed by atoms with van der Waals surface area (Å²) in [7, 11) is 1.60. The first-order chi connectivity index (χ1) is 11.6. The highest BCUT2D eigenvalue weighted by Crippen LogP contribution is 2.19. The minimum Gasteiger partial charge on any atom is -0.383 e. The number of benzene rings is 2. The topological polar surface area (TPSA) is 43.6 Å². The third kappa shape index (κ3) is 3.56. The molecule has 0 N–H and O–H groups in total. The lowest BCUT2D eigenvalue weighted by Gasteiger charge is -2.04. The third-order valence-corrected chi connectivity index (χ3v) is 4.75. The predicted octanol–water partition coefficient (Wildman–Crippen LogP) is 3.88. The summed E-state index contributed by atoms with van der Waals surface area (Å²) in [6.07, 6.45) is 0. The van der Waals surface area contributed by atoms with E-state index in [1.54, 1.807) is 37.4 Å². The van der Waals surface area contributed by atoms with Crippen LogP contribution in [0.1, 0.15) is 10.4 Å². The van der Waals surface area contributed by atoms with Crippen LogP contribution in [0.15, 0.2) is 47.5 Å². The van der Waals surface area contributed by atoms with E-state index < -0.39 is 0 Å². The quantitative estimate of drug-likeness (QED) is 0.705. The molecule has 0 saturated heterocycles. The fraction of sp³-hybridized carbons (Fsp3) is 0.176. The summed E-state index contributed by atoms with van der Waals surface area (Å²) in [5.41, 5.74) is 1.27. The molecule has 2 aromatic carbocycles. The summed E-state index contributed by atoms with van der Waals surface area (Å²) < 4.78 is 21.2. The van der Waals surface area contributed by atoms with Gasteiger partial charge in [0.25, 0.3) is 5.91 Å². The van der Waals surface area contributed by atoms with Gasteiger partial charge in [0.2, 0.25) is 0 Å². The summed E-state index contributed by atoms with van der Waals surface area (Å²) in [6.45, 7) is 0.987. The smallest absolute Gasteiger partial charge is 0.279 e. The summed E-state index contributed by atoms with van der Waals surface area (Å²) in [4.78, 5) is 17.1. The van der Waals surface area contributed by atoms with Crippen LogP contribution in [0.3, 0.4) is 0 Å². The van der Waals surface area contributed by atoms with Crippen molar-refractivity contribution >= 4 is 39.1 Å². The maximum Gasteiger partial charge on any atom is 0.279 e. The van der Waals surface area contributed by atoms with Crippen LogP contribution in [-0.4, -0.2) is 24.2 Å². The molecule has 3 aromatic rings. The van der Waals surface area contributed by atoms with Crippen molar-refractivity contribution in [2.75, 3.05) is 13.7 Å². The zero-order chi connectivity index (χ0) is 17.1. The number of ether oxygens (including phenoxy) is 1. The molecule has 1 heterocycles. The van der Waals surface area contributed by atoms with Crippen LogP contribution in [0.5, 0.6) is 0 Å². The van der Waals surface area contributed by atoms with Crippen molar-refractivity contribution in [3.63, 3.8) is 0 Å². The number of methoxy groups -OCH3 is 1. The molecule has 0 fully saturated rings. The molecule has 0 aliphatic heterocycles. The first-order valence-electron chi connectivity index (χ1n) is 7.21. The highest BCUT2D eigenvalue weighted by molar-refractivity contribution is 7.16. The Morgan fingerprint density at radius 3 is 2.75 bits per heavy atom. The van der Waals surface area contributed by atoms with Gasteiger partial charge in [0.1, 0.15) is 5.82 Å². The molecule has 3 rings (SSSR count). The maximum absolute atomic E-state index is 13.5. The first kappa shape index (κ1) is 16.8. The average molecular weight is 365 g/mol. The molecule has 0 atom stereocenters. The summed E-state index contributed by atoms with van der Waals surface area (Å²) in [5, 5.41) is 0.555. The molecule has 4 nitrogen and oxygen atoms in total. The molecule has 1 amide bonds. The zero-order valence-electron chi connectivity index (χ0n) is 12.8. The van der Waals surface area contributed by atoms with E-state index in [-0.39, 0.29) is 11.7 Å². The SMILES string of the molecule is COCCn1c(=NC(=O)c2ccc(Cl)cc2)sc2cc(F)ccc21. The molecule has 0 radical (unpaired) electrons. The third-order valence-electron chi connectivity index (χ3n) is 3.45. The van der Waals surface area contributed by atoms with E-state index in [2.05, 4.69) is 4.99 Å². The highest BCUT2D eigenvalue weighted by atomic mass is 35.5. The fourth-order valence-corrected chi connectivity index (χ4v) is 3.48.